The Balaban J connectivity index is 1.52. The average molecular weight is 268 g/mol. The number of fused-ring (bicyclic) bond motifs is 3. The summed E-state index contributed by atoms with van der Waals surface area (Å²) >= 11 is 0. The Bertz CT molecular complexity index is 613. The normalized spacial score (nSPS) is 29.8. The van der Waals surface area contributed by atoms with Gasteiger partial charge in [-0.25, -0.2) is 0 Å². The molecule has 0 radical (unpaired) electrons. The molecule has 0 saturated heterocycles. The standard InChI is InChI=1S/C18H24N2/c1-12-6-7-13(10-12)19-14-8-9-16-15-4-2-3-5-17(15)20-18(16)11-14/h2-5,12-14,19-20H,6-11H2,1H3. The van der Waals surface area contributed by atoms with Crippen molar-refractivity contribution in [3.8, 4) is 0 Å². The molecule has 3 unspecified atom stereocenters. The second-order valence-electron chi connectivity index (χ2n) is 6.85. The van der Waals surface area contributed by atoms with E-state index in [9.17, 15) is 0 Å². The Hall–Kier alpha value is -1.28. The summed E-state index contributed by atoms with van der Waals surface area (Å²) in [5, 5.41) is 5.35. The first-order valence-electron chi connectivity index (χ1n) is 8.14. The van der Waals surface area contributed by atoms with E-state index >= 15 is 0 Å². The lowest BCUT2D eigenvalue weighted by atomic mass is 9.91. The predicted molar refractivity (Wildman–Crippen MR) is 84.1 cm³/mol. The van der Waals surface area contributed by atoms with Crippen LogP contribution in [0.1, 0.15) is 43.9 Å². The van der Waals surface area contributed by atoms with Crippen LogP contribution in [0.3, 0.4) is 0 Å². The molecule has 1 fully saturated rings. The summed E-state index contributed by atoms with van der Waals surface area (Å²) in [6, 6.07) is 10.2. The van der Waals surface area contributed by atoms with E-state index in [4.69, 9.17) is 0 Å². The number of benzene rings is 1. The summed E-state index contributed by atoms with van der Waals surface area (Å²) in [5.74, 6) is 0.916. The molecular formula is C18H24N2. The Morgan fingerprint density at radius 3 is 2.85 bits per heavy atom. The molecular weight excluding hydrogens is 244 g/mol. The third kappa shape index (κ3) is 2.16. The lowest BCUT2D eigenvalue weighted by Crippen LogP contribution is -2.40. The van der Waals surface area contributed by atoms with Crippen molar-refractivity contribution in [3.05, 3.63) is 35.5 Å². The molecule has 2 aliphatic carbocycles. The molecule has 0 aliphatic heterocycles. The van der Waals surface area contributed by atoms with Gasteiger partial charge < -0.3 is 10.3 Å². The van der Waals surface area contributed by atoms with Crippen LogP contribution in [-0.4, -0.2) is 17.1 Å². The highest BCUT2D eigenvalue weighted by atomic mass is 15.0. The minimum absolute atomic E-state index is 0.672. The molecule has 0 spiro atoms. The van der Waals surface area contributed by atoms with Crippen LogP contribution < -0.4 is 5.32 Å². The molecule has 3 atom stereocenters. The monoisotopic (exact) mass is 268 g/mol. The van der Waals surface area contributed by atoms with E-state index in [0.717, 1.165) is 12.0 Å². The van der Waals surface area contributed by atoms with E-state index in [-0.39, 0.29) is 0 Å². The van der Waals surface area contributed by atoms with Crippen molar-refractivity contribution in [2.45, 2.75) is 57.5 Å². The summed E-state index contributed by atoms with van der Waals surface area (Å²) in [4.78, 5) is 3.64. The first-order valence-corrected chi connectivity index (χ1v) is 8.14. The van der Waals surface area contributed by atoms with Crippen LogP contribution >= 0.6 is 0 Å². The van der Waals surface area contributed by atoms with Crippen LogP contribution in [0.4, 0.5) is 0 Å². The highest BCUT2D eigenvalue weighted by Gasteiger charge is 2.27. The maximum Gasteiger partial charge on any atom is 0.0458 e. The lowest BCUT2D eigenvalue weighted by molar-refractivity contribution is 0.388. The number of aryl methyl sites for hydroxylation is 1. The fourth-order valence-electron chi connectivity index (χ4n) is 4.22. The molecule has 20 heavy (non-hydrogen) atoms. The zero-order valence-corrected chi connectivity index (χ0v) is 12.3. The summed E-state index contributed by atoms with van der Waals surface area (Å²) in [7, 11) is 0. The zero-order valence-electron chi connectivity index (χ0n) is 12.3. The van der Waals surface area contributed by atoms with Gasteiger partial charge >= 0.3 is 0 Å². The van der Waals surface area contributed by atoms with E-state index in [0.29, 0.717) is 6.04 Å². The molecule has 0 bridgehead atoms. The Morgan fingerprint density at radius 1 is 1.10 bits per heavy atom. The van der Waals surface area contributed by atoms with Gasteiger partial charge in [-0.1, -0.05) is 25.1 Å². The molecule has 2 nitrogen and oxygen atoms in total. The highest BCUT2D eigenvalue weighted by molar-refractivity contribution is 5.84. The third-order valence-electron chi connectivity index (χ3n) is 5.26. The first-order chi connectivity index (χ1) is 9.79. The number of hydrogen-bond acceptors (Lipinski definition) is 1. The van der Waals surface area contributed by atoms with E-state index in [1.54, 1.807) is 5.56 Å². The molecule has 1 heterocycles. The fourth-order valence-corrected chi connectivity index (χ4v) is 4.22. The number of aromatic nitrogens is 1. The van der Waals surface area contributed by atoms with Gasteiger partial charge in [0.1, 0.15) is 0 Å². The van der Waals surface area contributed by atoms with Crippen molar-refractivity contribution >= 4 is 10.9 Å². The van der Waals surface area contributed by atoms with Crippen molar-refractivity contribution in [2.24, 2.45) is 5.92 Å². The molecule has 0 amide bonds. The van der Waals surface area contributed by atoms with Crippen molar-refractivity contribution < 1.29 is 0 Å². The van der Waals surface area contributed by atoms with E-state index in [1.165, 1.54) is 55.1 Å². The number of H-pyrrole nitrogens is 1. The predicted octanol–water partition coefficient (Wildman–Crippen LogP) is 3.80. The number of hydrogen-bond donors (Lipinski definition) is 2. The Morgan fingerprint density at radius 2 is 2.00 bits per heavy atom. The van der Waals surface area contributed by atoms with Gasteiger partial charge in [-0.15, -0.1) is 0 Å². The van der Waals surface area contributed by atoms with Gasteiger partial charge in [0.2, 0.25) is 0 Å². The number of rotatable bonds is 2. The molecule has 106 valence electrons. The van der Waals surface area contributed by atoms with Crippen molar-refractivity contribution in [1.29, 1.82) is 0 Å². The Labute approximate surface area is 121 Å². The fraction of sp³-hybridized carbons (Fsp3) is 0.556. The molecule has 2 heteroatoms. The quantitative estimate of drug-likeness (QED) is 0.852. The molecule has 1 saturated carbocycles. The van der Waals surface area contributed by atoms with Crippen molar-refractivity contribution in [3.63, 3.8) is 0 Å². The summed E-state index contributed by atoms with van der Waals surface area (Å²) in [6.07, 6.45) is 7.84. The topological polar surface area (TPSA) is 27.8 Å². The highest BCUT2D eigenvalue weighted by Crippen LogP contribution is 2.31. The number of nitrogens with one attached hydrogen (secondary N) is 2. The van der Waals surface area contributed by atoms with Crippen LogP contribution in [0.2, 0.25) is 0 Å². The smallest absolute Gasteiger partial charge is 0.0458 e. The van der Waals surface area contributed by atoms with Gasteiger partial charge in [0.25, 0.3) is 0 Å². The molecule has 2 aliphatic rings. The zero-order chi connectivity index (χ0) is 13.5. The first kappa shape index (κ1) is 12.5. The molecule has 2 aromatic rings. The van der Waals surface area contributed by atoms with Gasteiger partial charge in [-0.3, -0.25) is 0 Å². The van der Waals surface area contributed by atoms with Crippen molar-refractivity contribution in [1.82, 2.24) is 10.3 Å². The molecule has 2 N–H and O–H groups in total. The molecule has 4 rings (SSSR count). The van der Waals surface area contributed by atoms with E-state index in [1.807, 2.05) is 0 Å². The van der Waals surface area contributed by atoms with Gasteiger partial charge in [0.15, 0.2) is 0 Å². The van der Waals surface area contributed by atoms with E-state index < -0.39 is 0 Å². The second-order valence-corrected chi connectivity index (χ2v) is 6.85. The average Bonchev–Trinajstić information content (AvgIpc) is 3.01. The second kappa shape index (κ2) is 4.92. The summed E-state index contributed by atoms with van der Waals surface area (Å²) < 4.78 is 0. The van der Waals surface area contributed by atoms with Gasteiger partial charge in [-0.05, 0) is 49.7 Å². The van der Waals surface area contributed by atoms with Gasteiger partial charge in [0, 0.05) is 35.1 Å². The largest absolute Gasteiger partial charge is 0.358 e. The lowest BCUT2D eigenvalue weighted by Gasteiger charge is -2.27. The summed E-state index contributed by atoms with van der Waals surface area (Å²) in [5.41, 5.74) is 4.35. The minimum Gasteiger partial charge on any atom is -0.358 e. The maximum absolute atomic E-state index is 3.91. The van der Waals surface area contributed by atoms with Crippen LogP contribution in [0.25, 0.3) is 10.9 Å². The van der Waals surface area contributed by atoms with Crippen molar-refractivity contribution in [2.75, 3.05) is 0 Å². The molecule has 1 aromatic heterocycles. The number of aromatic amines is 1. The minimum atomic E-state index is 0.672. The van der Waals surface area contributed by atoms with E-state index in [2.05, 4.69) is 41.5 Å². The van der Waals surface area contributed by atoms with Crippen LogP contribution in [-0.2, 0) is 12.8 Å². The van der Waals surface area contributed by atoms with Crippen LogP contribution in [0.15, 0.2) is 24.3 Å². The summed E-state index contributed by atoms with van der Waals surface area (Å²) in [6.45, 7) is 2.39. The number of para-hydroxylation sites is 1. The van der Waals surface area contributed by atoms with Crippen LogP contribution in [0, 0.1) is 5.92 Å². The molecule has 1 aromatic carbocycles. The Kier molecular flexibility index (Phi) is 3.07. The SMILES string of the molecule is CC1CCC(NC2CCc3c([nH]c4ccccc34)C2)C1. The van der Waals surface area contributed by atoms with Gasteiger partial charge in [0.05, 0.1) is 0 Å². The third-order valence-corrected chi connectivity index (χ3v) is 5.26. The van der Waals surface area contributed by atoms with Crippen LogP contribution in [0.5, 0.6) is 0 Å². The maximum atomic E-state index is 3.91. The van der Waals surface area contributed by atoms with Gasteiger partial charge in [-0.2, -0.15) is 0 Å².